The Balaban J connectivity index is 1.33. The predicted molar refractivity (Wildman–Crippen MR) is 270 cm³/mol. The summed E-state index contributed by atoms with van der Waals surface area (Å²) in [6.45, 7) is 0. The molecule has 0 amide bonds. The van der Waals surface area contributed by atoms with Crippen molar-refractivity contribution in [3.8, 4) is 76.5 Å². The zero-order valence-electron chi connectivity index (χ0n) is 33.8. The molecule has 0 aliphatic rings. The fourth-order valence-electron chi connectivity index (χ4n) is 9.71. The van der Waals surface area contributed by atoms with E-state index in [0.717, 1.165) is 0 Å². The van der Waals surface area contributed by atoms with Crippen LogP contribution in [-0.4, -0.2) is 0 Å². The summed E-state index contributed by atoms with van der Waals surface area (Å²) in [6.07, 6.45) is 0. The average molecular weight is 823 g/mol. The Morgan fingerprint density at radius 3 is 0.710 bits per heavy atom. The van der Waals surface area contributed by atoms with Crippen LogP contribution in [-0.2, 0) is 0 Å². The molecule has 0 atom stereocenters. The van der Waals surface area contributed by atoms with Crippen LogP contribution in [0.3, 0.4) is 0 Å². The van der Waals surface area contributed by atoms with Crippen LogP contribution in [0.1, 0.15) is 0 Å². The molecular weight excluding hydrogens is 785 g/mol. The first kappa shape index (κ1) is 36.5. The van der Waals surface area contributed by atoms with Gasteiger partial charge in [0.2, 0.25) is 0 Å². The topological polar surface area (TPSA) is 0 Å². The van der Waals surface area contributed by atoms with Crippen LogP contribution in [0.4, 0.5) is 0 Å². The van der Waals surface area contributed by atoms with E-state index in [4.69, 9.17) is 0 Å². The van der Waals surface area contributed by atoms with E-state index >= 15 is 0 Å². The minimum atomic E-state index is 1.22. The maximum atomic E-state index is 2.35. The monoisotopic (exact) mass is 822 g/mol. The van der Waals surface area contributed by atoms with Gasteiger partial charge in [-0.15, -0.1) is 22.7 Å². The smallest absolute Gasteiger partial charge is 0.0540 e. The third kappa shape index (κ3) is 5.87. The number of benzene rings is 10. The van der Waals surface area contributed by atoms with Crippen molar-refractivity contribution >= 4 is 64.4 Å². The van der Waals surface area contributed by atoms with Gasteiger partial charge in [-0.1, -0.05) is 231 Å². The summed E-state index contributed by atoms with van der Waals surface area (Å²) in [5.74, 6) is 0. The molecule has 0 saturated heterocycles. The summed E-state index contributed by atoms with van der Waals surface area (Å²) in [7, 11) is 0. The third-order valence-electron chi connectivity index (χ3n) is 12.3. The zero-order valence-corrected chi connectivity index (χ0v) is 35.4. The van der Waals surface area contributed by atoms with Crippen LogP contribution in [0, 0.1) is 0 Å². The predicted octanol–water partition coefficient (Wildman–Crippen LogP) is 18.1. The number of hydrogen-bond donors (Lipinski definition) is 0. The number of rotatable bonds is 7. The molecule has 290 valence electrons. The molecule has 0 aliphatic heterocycles. The van der Waals surface area contributed by atoms with Crippen molar-refractivity contribution in [2.45, 2.75) is 0 Å². The van der Waals surface area contributed by atoms with Crippen LogP contribution < -0.4 is 0 Å². The standard InChI is InChI=1S/C60H38S2/c1-7-23-39(24-8-1)49-45-35-19-21-37-47(45)55-53(43-31-15-5-16-32-43)59(61-57(55)51(49)41-27-11-3-12-28-41)60-54(44-33-17-6-18-34-44)56-48-38-22-20-36-46(48)50(40-25-9-2-10-26-40)52(58(56)62-60)42-29-13-4-14-30-42/h1-38H. The Kier molecular flexibility index (Phi) is 8.99. The van der Waals surface area contributed by atoms with Gasteiger partial charge in [-0.2, -0.15) is 0 Å². The Morgan fingerprint density at radius 2 is 0.419 bits per heavy atom. The first-order valence-electron chi connectivity index (χ1n) is 21.2. The van der Waals surface area contributed by atoms with Crippen molar-refractivity contribution < 1.29 is 0 Å². The minimum Gasteiger partial charge on any atom is -0.133 e. The molecule has 0 radical (unpaired) electrons. The molecule has 0 aliphatic carbocycles. The van der Waals surface area contributed by atoms with Gasteiger partial charge < -0.3 is 0 Å². The highest BCUT2D eigenvalue weighted by atomic mass is 32.1. The number of hydrogen-bond acceptors (Lipinski definition) is 2. The number of thiophene rings is 2. The summed E-state index contributed by atoms with van der Waals surface area (Å²) in [4.78, 5) is 2.59. The molecule has 2 heteroatoms. The highest BCUT2D eigenvalue weighted by Crippen LogP contribution is 2.60. The molecule has 2 aromatic heterocycles. The van der Waals surface area contributed by atoms with Crippen molar-refractivity contribution in [1.29, 1.82) is 0 Å². The molecule has 12 rings (SSSR count). The molecular formula is C60H38S2. The van der Waals surface area contributed by atoms with Crippen molar-refractivity contribution in [3.63, 3.8) is 0 Å². The molecule has 0 N–H and O–H groups in total. The van der Waals surface area contributed by atoms with Gasteiger partial charge in [0.15, 0.2) is 0 Å². The zero-order chi connectivity index (χ0) is 41.0. The summed E-state index contributed by atoms with van der Waals surface area (Å²) in [6, 6.07) is 84.5. The van der Waals surface area contributed by atoms with Crippen molar-refractivity contribution in [3.05, 3.63) is 231 Å². The molecule has 0 spiro atoms. The quantitative estimate of drug-likeness (QED) is 0.150. The van der Waals surface area contributed by atoms with Gasteiger partial charge in [0, 0.05) is 42.4 Å². The second-order valence-corrected chi connectivity index (χ2v) is 17.8. The fourth-order valence-corrected chi connectivity index (χ4v) is 12.7. The highest BCUT2D eigenvalue weighted by molar-refractivity contribution is 7.30. The first-order chi connectivity index (χ1) is 30.8. The normalized spacial score (nSPS) is 11.5. The molecule has 12 aromatic rings. The van der Waals surface area contributed by atoms with E-state index < -0.39 is 0 Å². The highest BCUT2D eigenvalue weighted by Gasteiger charge is 2.30. The van der Waals surface area contributed by atoms with Gasteiger partial charge >= 0.3 is 0 Å². The van der Waals surface area contributed by atoms with Crippen LogP contribution in [0.25, 0.3) is 118 Å². The summed E-state index contributed by atoms with van der Waals surface area (Å²) in [5.41, 5.74) is 15.0. The lowest BCUT2D eigenvalue weighted by molar-refractivity contribution is 1.64. The lowest BCUT2D eigenvalue weighted by Crippen LogP contribution is -1.90. The maximum absolute atomic E-state index is 2.35. The van der Waals surface area contributed by atoms with E-state index in [1.54, 1.807) is 0 Å². The van der Waals surface area contributed by atoms with E-state index in [2.05, 4.69) is 231 Å². The molecule has 2 heterocycles. The van der Waals surface area contributed by atoms with Crippen LogP contribution in [0.5, 0.6) is 0 Å². The number of fused-ring (bicyclic) bond motifs is 6. The molecule has 0 bridgehead atoms. The van der Waals surface area contributed by atoms with E-state index in [1.165, 1.54) is 118 Å². The van der Waals surface area contributed by atoms with Gasteiger partial charge in [-0.05, 0) is 66.1 Å². The summed E-state index contributed by atoms with van der Waals surface area (Å²) in [5, 5.41) is 7.67. The van der Waals surface area contributed by atoms with E-state index in [0.29, 0.717) is 0 Å². The molecule has 10 aromatic carbocycles. The Bertz CT molecular complexity index is 3330. The van der Waals surface area contributed by atoms with Crippen molar-refractivity contribution in [1.82, 2.24) is 0 Å². The summed E-state index contributed by atoms with van der Waals surface area (Å²) < 4.78 is 2.61. The van der Waals surface area contributed by atoms with Crippen LogP contribution >= 0.6 is 22.7 Å². The fraction of sp³-hybridized carbons (Fsp3) is 0. The Labute approximate surface area is 369 Å². The maximum Gasteiger partial charge on any atom is 0.0540 e. The molecule has 0 nitrogen and oxygen atoms in total. The lowest BCUT2D eigenvalue weighted by Gasteiger charge is -2.17. The van der Waals surface area contributed by atoms with Gasteiger partial charge in [-0.3, -0.25) is 0 Å². The largest absolute Gasteiger partial charge is 0.133 e. The second kappa shape index (κ2) is 15.3. The van der Waals surface area contributed by atoms with E-state index in [1.807, 2.05) is 22.7 Å². The molecule has 0 unspecified atom stereocenters. The van der Waals surface area contributed by atoms with Crippen molar-refractivity contribution in [2.24, 2.45) is 0 Å². The lowest BCUT2D eigenvalue weighted by atomic mass is 9.85. The summed E-state index contributed by atoms with van der Waals surface area (Å²) >= 11 is 3.92. The van der Waals surface area contributed by atoms with Crippen LogP contribution in [0.15, 0.2) is 231 Å². The SMILES string of the molecule is c1ccc(-c2c(-c3ccccc3)c3sc(-c4sc5c(-c6ccccc6)c(-c6ccccc6)c6ccccc6c5c4-c4ccccc4)c(-c4ccccc4)c3c3ccccc23)cc1. The van der Waals surface area contributed by atoms with Gasteiger partial charge in [0.1, 0.15) is 0 Å². The van der Waals surface area contributed by atoms with Gasteiger partial charge in [0.05, 0.1) is 9.75 Å². The first-order valence-corrected chi connectivity index (χ1v) is 22.8. The Morgan fingerprint density at radius 1 is 0.194 bits per heavy atom. The minimum absolute atomic E-state index is 1.22. The third-order valence-corrected chi connectivity index (χ3v) is 14.9. The molecule has 0 fully saturated rings. The van der Waals surface area contributed by atoms with E-state index in [-0.39, 0.29) is 0 Å². The Hall–Kier alpha value is -7.36. The molecule has 0 saturated carbocycles. The average Bonchev–Trinajstić information content (AvgIpc) is 3.95. The second-order valence-electron chi connectivity index (χ2n) is 15.8. The van der Waals surface area contributed by atoms with Crippen LogP contribution in [0.2, 0.25) is 0 Å². The van der Waals surface area contributed by atoms with E-state index in [9.17, 15) is 0 Å². The van der Waals surface area contributed by atoms with Crippen molar-refractivity contribution in [2.75, 3.05) is 0 Å². The van der Waals surface area contributed by atoms with Gasteiger partial charge in [0.25, 0.3) is 0 Å². The van der Waals surface area contributed by atoms with Gasteiger partial charge in [-0.25, -0.2) is 0 Å². The molecule has 62 heavy (non-hydrogen) atoms.